The Morgan fingerprint density at radius 2 is 1.57 bits per heavy atom. The lowest BCUT2D eigenvalue weighted by atomic mass is 9.83. The van der Waals surface area contributed by atoms with Gasteiger partial charge >= 0.3 is 0 Å². The van der Waals surface area contributed by atoms with Crippen molar-refractivity contribution in [2.45, 2.75) is 18.6 Å². The maximum atomic E-state index is 14.9. The molecule has 4 heterocycles. The number of anilines is 1. The van der Waals surface area contributed by atoms with Crippen LogP contribution in [0, 0.1) is 5.82 Å². The molecule has 0 saturated heterocycles. The number of halogens is 1. The number of carbonyl (C=O) groups excluding carboxylic acids is 2. The first-order chi connectivity index (χ1) is 20.5. The highest BCUT2D eigenvalue weighted by atomic mass is 19.1. The lowest BCUT2D eigenvalue weighted by molar-refractivity contribution is -0.126. The number of benzene rings is 4. The van der Waals surface area contributed by atoms with Crippen molar-refractivity contribution in [1.29, 1.82) is 0 Å². The van der Waals surface area contributed by atoms with E-state index >= 15 is 0 Å². The van der Waals surface area contributed by atoms with Gasteiger partial charge in [-0.05, 0) is 42.0 Å². The Morgan fingerprint density at radius 1 is 0.810 bits per heavy atom. The molecule has 0 bridgehead atoms. The minimum absolute atomic E-state index is 0.0386. The number of rotatable bonds is 4. The molecule has 8 nitrogen and oxygen atoms in total. The van der Waals surface area contributed by atoms with Crippen molar-refractivity contribution in [2.24, 2.45) is 0 Å². The molecule has 0 radical (unpaired) electrons. The zero-order valence-electron chi connectivity index (χ0n) is 22.0. The van der Waals surface area contributed by atoms with Gasteiger partial charge in [-0.1, -0.05) is 54.6 Å². The van der Waals surface area contributed by atoms with Gasteiger partial charge in [0, 0.05) is 17.7 Å². The zero-order chi connectivity index (χ0) is 28.6. The number of para-hydroxylation sites is 2. The molecule has 8 rings (SSSR count). The fourth-order valence-electron chi connectivity index (χ4n) is 6.33. The highest BCUT2D eigenvalue weighted by Gasteiger charge is 2.65. The molecule has 0 saturated carbocycles. The molecule has 1 spiro atoms. The molecule has 206 valence electrons. The minimum atomic E-state index is -1.84. The first-order valence-electron chi connectivity index (χ1n) is 13.4. The second-order valence-electron chi connectivity index (χ2n) is 10.4. The van der Waals surface area contributed by atoms with Gasteiger partial charge in [0.05, 0.1) is 23.2 Å². The van der Waals surface area contributed by atoms with Crippen LogP contribution in [0.5, 0.6) is 11.5 Å². The maximum absolute atomic E-state index is 14.9. The van der Waals surface area contributed by atoms with Crippen LogP contribution >= 0.6 is 0 Å². The second kappa shape index (κ2) is 8.78. The average Bonchev–Trinajstić information content (AvgIpc) is 3.64. The highest BCUT2D eigenvalue weighted by molar-refractivity contribution is 6.17. The first-order valence-corrected chi connectivity index (χ1v) is 13.4. The number of carbonyl (C=O) groups is 2. The highest BCUT2D eigenvalue weighted by Crippen LogP contribution is 2.53. The number of hydrogen-bond donors (Lipinski definition) is 0. The number of ether oxygens (including phenoxy) is 2. The van der Waals surface area contributed by atoms with Crippen molar-refractivity contribution >= 4 is 28.5 Å². The van der Waals surface area contributed by atoms with E-state index in [1.165, 1.54) is 15.9 Å². The van der Waals surface area contributed by atoms with E-state index in [1.54, 1.807) is 84.9 Å². The van der Waals surface area contributed by atoms with E-state index in [4.69, 9.17) is 13.9 Å². The third-order valence-electron chi connectivity index (χ3n) is 8.21. The molecule has 4 aromatic carbocycles. The Labute approximate surface area is 238 Å². The van der Waals surface area contributed by atoms with Crippen molar-refractivity contribution in [3.63, 3.8) is 0 Å². The second-order valence-corrected chi connectivity index (χ2v) is 10.4. The lowest BCUT2D eigenvalue weighted by Crippen LogP contribution is -2.53. The van der Waals surface area contributed by atoms with E-state index < -0.39 is 28.6 Å². The predicted octanol–water partition coefficient (Wildman–Crippen LogP) is 5.11. The Kier molecular flexibility index (Phi) is 5.09. The van der Waals surface area contributed by atoms with Crippen LogP contribution in [0.4, 0.5) is 10.1 Å². The smallest absolute Gasteiger partial charge is 0.291 e. The summed E-state index contributed by atoms with van der Waals surface area (Å²) in [4.78, 5) is 46.2. The Bertz CT molecular complexity index is 2040. The van der Waals surface area contributed by atoms with E-state index in [2.05, 4.69) is 0 Å². The molecule has 1 unspecified atom stereocenters. The van der Waals surface area contributed by atoms with E-state index in [1.807, 2.05) is 0 Å². The molecular formula is C33H21FN2O6. The van der Waals surface area contributed by atoms with Crippen LogP contribution in [-0.4, -0.2) is 23.5 Å². The summed E-state index contributed by atoms with van der Waals surface area (Å²) in [6.45, 7) is -0.0493. The Hall–Kier alpha value is -5.44. The summed E-state index contributed by atoms with van der Waals surface area (Å²) in [6.07, 6.45) is 0. The van der Waals surface area contributed by atoms with Gasteiger partial charge in [-0.2, -0.15) is 0 Å². The zero-order valence-corrected chi connectivity index (χ0v) is 22.0. The van der Waals surface area contributed by atoms with Gasteiger partial charge < -0.3 is 23.7 Å². The molecule has 3 aliphatic heterocycles. The van der Waals surface area contributed by atoms with Crippen LogP contribution in [-0.2, 0) is 23.4 Å². The Morgan fingerprint density at radius 3 is 2.45 bits per heavy atom. The summed E-state index contributed by atoms with van der Waals surface area (Å²) in [5.74, 6) is -0.690. The number of hydrogen-bond acceptors (Lipinski definition) is 6. The molecule has 2 amide bonds. The third-order valence-corrected chi connectivity index (χ3v) is 8.21. The summed E-state index contributed by atoms with van der Waals surface area (Å²) in [5.41, 5.74) is -0.211. The monoisotopic (exact) mass is 560 g/mol. The number of nitrogens with zero attached hydrogens (tertiary/aromatic N) is 2. The first kappa shape index (κ1) is 24.4. The van der Waals surface area contributed by atoms with Gasteiger partial charge in [-0.15, -0.1) is 0 Å². The van der Waals surface area contributed by atoms with Crippen LogP contribution in [0.2, 0.25) is 0 Å². The van der Waals surface area contributed by atoms with E-state index in [0.717, 1.165) is 0 Å². The summed E-state index contributed by atoms with van der Waals surface area (Å²) < 4.78 is 31.9. The van der Waals surface area contributed by atoms with Crippen LogP contribution < -0.4 is 19.8 Å². The van der Waals surface area contributed by atoms with E-state index in [-0.39, 0.29) is 42.2 Å². The largest absolute Gasteiger partial charge is 0.454 e. The molecule has 42 heavy (non-hydrogen) atoms. The molecule has 0 aliphatic carbocycles. The Balaban J connectivity index is 1.38. The van der Waals surface area contributed by atoms with Crippen molar-refractivity contribution in [1.82, 2.24) is 4.90 Å². The van der Waals surface area contributed by atoms with Gasteiger partial charge in [-0.3, -0.25) is 14.4 Å². The normalized spacial score (nSPS) is 18.3. The van der Waals surface area contributed by atoms with Gasteiger partial charge in [0.1, 0.15) is 11.4 Å². The fourth-order valence-corrected chi connectivity index (χ4v) is 6.33. The SMILES string of the molecule is O=C1c2oc3ccccc3c(=O)c2C2(C(=O)N(Cc3ccccc3F)c3ccccc32)N1Cc1ccc2c(c1)OCO2. The van der Waals surface area contributed by atoms with Crippen molar-refractivity contribution in [3.05, 3.63) is 135 Å². The van der Waals surface area contributed by atoms with Crippen LogP contribution in [0.3, 0.4) is 0 Å². The summed E-state index contributed by atoms with van der Waals surface area (Å²) in [6, 6.07) is 25.1. The average molecular weight is 561 g/mol. The van der Waals surface area contributed by atoms with Crippen molar-refractivity contribution in [2.75, 3.05) is 11.7 Å². The van der Waals surface area contributed by atoms with Crippen molar-refractivity contribution in [3.8, 4) is 11.5 Å². The predicted molar refractivity (Wildman–Crippen MR) is 150 cm³/mol. The minimum Gasteiger partial charge on any atom is -0.454 e. The quantitative estimate of drug-likeness (QED) is 0.304. The molecule has 0 N–H and O–H groups in total. The summed E-state index contributed by atoms with van der Waals surface area (Å²) in [5, 5.41) is 0.256. The van der Waals surface area contributed by atoms with E-state index in [0.29, 0.717) is 33.9 Å². The van der Waals surface area contributed by atoms with Gasteiger partial charge in [0.15, 0.2) is 22.5 Å². The van der Waals surface area contributed by atoms with Crippen LogP contribution in [0.1, 0.15) is 32.8 Å². The topological polar surface area (TPSA) is 89.3 Å². The third kappa shape index (κ3) is 3.18. The fraction of sp³-hybridized carbons (Fsp3) is 0.121. The molecule has 9 heteroatoms. The van der Waals surface area contributed by atoms with Gasteiger partial charge in [-0.25, -0.2) is 4.39 Å². The van der Waals surface area contributed by atoms with Gasteiger partial charge in [0.2, 0.25) is 12.6 Å². The summed E-state index contributed by atoms with van der Waals surface area (Å²) in [7, 11) is 0. The number of fused-ring (bicyclic) bond motifs is 6. The number of amides is 2. The lowest BCUT2D eigenvalue weighted by Gasteiger charge is -2.34. The molecule has 1 aromatic heterocycles. The molecule has 5 aromatic rings. The van der Waals surface area contributed by atoms with E-state index in [9.17, 15) is 18.8 Å². The molecular weight excluding hydrogens is 539 g/mol. The van der Waals surface area contributed by atoms with Crippen LogP contribution in [0.15, 0.2) is 100 Å². The molecule has 1 atom stereocenters. The van der Waals surface area contributed by atoms with Crippen molar-refractivity contribution < 1.29 is 27.9 Å². The van der Waals surface area contributed by atoms with Gasteiger partial charge in [0.25, 0.3) is 11.8 Å². The van der Waals surface area contributed by atoms with Crippen LogP contribution in [0.25, 0.3) is 11.0 Å². The maximum Gasteiger partial charge on any atom is 0.291 e. The standard InChI is InChI=1S/C33H21FN2O6/c34-23-10-4-1-7-20(23)17-35-24-11-5-3-9-22(24)33(32(35)39)28-29(37)21-8-2-6-12-25(21)42-30(28)31(38)36(33)16-19-13-14-26-27(15-19)41-18-40-26/h1-15H,16-18H2. The molecule has 0 fully saturated rings. The molecule has 3 aliphatic rings. The summed E-state index contributed by atoms with van der Waals surface area (Å²) >= 11 is 0.